The van der Waals surface area contributed by atoms with E-state index in [1.54, 1.807) is 17.0 Å². The zero-order valence-electron chi connectivity index (χ0n) is 14.7. The molecule has 3 amide bonds. The molecule has 1 saturated heterocycles. The van der Waals surface area contributed by atoms with Crippen molar-refractivity contribution in [3.05, 3.63) is 70.1 Å². The first kappa shape index (κ1) is 18.4. The smallest absolute Gasteiger partial charge is 0.420 e. The lowest BCUT2D eigenvalue weighted by Gasteiger charge is -2.17. The van der Waals surface area contributed by atoms with Crippen molar-refractivity contribution in [2.45, 2.75) is 13.5 Å². The standard InChI is InChI=1S/C20H14N2O4S2/c1-11-6-8-12(9-7-11)10-21-14-5-3-2-4-13(14)15(17(21)23)16-18(24)22(19(25)26)20(27)28-16/h2-9H,10H2,1H3,(H,25,26)/b16-15-. The largest absolute Gasteiger partial charge is 0.464 e. The number of anilines is 1. The number of thioether (sulfide) groups is 1. The van der Waals surface area contributed by atoms with Crippen molar-refractivity contribution < 1.29 is 19.5 Å². The van der Waals surface area contributed by atoms with E-state index in [2.05, 4.69) is 0 Å². The van der Waals surface area contributed by atoms with Crippen LogP contribution >= 0.6 is 24.0 Å². The predicted molar refractivity (Wildman–Crippen MR) is 111 cm³/mol. The fourth-order valence-electron chi connectivity index (χ4n) is 3.22. The van der Waals surface area contributed by atoms with Crippen LogP contribution in [-0.4, -0.2) is 32.2 Å². The summed E-state index contributed by atoms with van der Waals surface area (Å²) in [6.07, 6.45) is -1.45. The molecule has 2 aliphatic heterocycles. The number of hydrogen-bond acceptors (Lipinski definition) is 5. The first-order valence-corrected chi connectivity index (χ1v) is 9.61. The fraction of sp³-hybridized carbons (Fsp3) is 0.100. The first-order chi connectivity index (χ1) is 13.4. The Morgan fingerprint density at radius 1 is 1.07 bits per heavy atom. The predicted octanol–water partition coefficient (Wildman–Crippen LogP) is 3.79. The number of carbonyl (C=O) groups excluding carboxylic acids is 2. The molecule has 1 fully saturated rings. The Morgan fingerprint density at radius 2 is 1.75 bits per heavy atom. The summed E-state index contributed by atoms with van der Waals surface area (Å²) in [7, 11) is 0. The normalized spacial score (nSPS) is 18.8. The molecule has 4 rings (SSSR count). The van der Waals surface area contributed by atoms with Gasteiger partial charge in [0.2, 0.25) is 0 Å². The monoisotopic (exact) mass is 410 g/mol. The SMILES string of the molecule is Cc1ccc(CN2C(=O)/C(=C3\SC(=S)N(C(=O)O)C3=O)c3ccccc32)cc1. The van der Waals surface area contributed by atoms with Gasteiger partial charge in [-0.2, -0.15) is 4.90 Å². The van der Waals surface area contributed by atoms with E-state index in [9.17, 15) is 19.5 Å². The summed E-state index contributed by atoms with van der Waals surface area (Å²) >= 11 is 5.86. The maximum absolute atomic E-state index is 13.2. The third kappa shape index (κ3) is 2.90. The summed E-state index contributed by atoms with van der Waals surface area (Å²) in [5.41, 5.74) is 3.56. The molecular formula is C20H14N2O4S2. The Kier molecular flexibility index (Phi) is 4.52. The maximum atomic E-state index is 13.2. The highest BCUT2D eigenvalue weighted by Gasteiger charge is 2.44. The summed E-state index contributed by atoms with van der Waals surface area (Å²) in [6, 6.07) is 15.0. The van der Waals surface area contributed by atoms with Crippen molar-refractivity contribution in [1.82, 2.24) is 4.90 Å². The Hall–Kier alpha value is -2.97. The van der Waals surface area contributed by atoms with Gasteiger partial charge in [-0.15, -0.1) is 0 Å². The van der Waals surface area contributed by atoms with Gasteiger partial charge in [0.25, 0.3) is 11.8 Å². The Balaban J connectivity index is 1.79. The lowest BCUT2D eigenvalue weighted by molar-refractivity contribution is -0.121. The van der Waals surface area contributed by atoms with Gasteiger partial charge in [0, 0.05) is 5.56 Å². The lowest BCUT2D eigenvalue weighted by atomic mass is 10.1. The molecule has 8 heteroatoms. The number of hydrogen-bond donors (Lipinski definition) is 1. The van der Waals surface area contributed by atoms with Crippen LogP contribution in [-0.2, 0) is 16.1 Å². The molecule has 2 aromatic carbocycles. The van der Waals surface area contributed by atoms with E-state index in [4.69, 9.17) is 12.2 Å². The Morgan fingerprint density at radius 3 is 2.39 bits per heavy atom. The number of benzene rings is 2. The zero-order valence-corrected chi connectivity index (χ0v) is 16.3. The van der Waals surface area contributed by atoms with E-state index in [0.717, 1.165) is 22.9 Å². The van der Waals surface area contributed by atoms with Crippen LogP contribution in [0.15, 0.2) is 53.4 Å². The van der Waals surface area contributed by atoms with Gasteiger partial charge in [0.1, 0.15) is 0 Å². The molecule has 2 aliphatic rings. The zero-order chi connectivity index (χ0) is 20.0. The van der Waals surface area contributed by atoms with Crippen molar-refractivity contribution in [1.29, 1.82) is 0 Å². The van der Waals surface area contributed by atoms with Crippen LogP contribution in [0.3, 0.4) is 0 Å². The van der Waals surface area contributed by atoms with Gasteiger partial charge in [-0.25, -0.2) is 4.79 Å². The van der Waals surface area contributed by atoms with Gasteiger partial charge in [-0.1, -0.05) is 72.0 Å². The van der Waals surface area contributed by atoms with Crippen LogP contribution in [0.2, 0.25) is 0 Å². The van der Waals surface area contributed by atoms with Crippen molar-refractivity contribution >= 4 is 57.5 Å². The number of nitrogens with zero attached hydrogens (tertiary/aromatic N) is 2. The van der Waals surface area contributed by atoms with Gasteiger partial charge in [0.15, 0.2) is 4.32 Å². The maximum Gasteiger partial charge on any atom is 0.420 e. The second kappa shape index (κ2) is 6.88. The second-order valence-corrected chi connectivity index (χ2v) is 8.03. The average Bonchev–Trinajstić information content (AvgIpc) is 3.10. The number of carboxylic acid groups (broad SMARTS) is 1. The third-order valence-corrected chi connectivity index (χ3v) is 5.94. The molecule has 0 saturated carbocycles. The van der Waals surface area contributed by atoms with Crippen molar-refractivity contribution in [3.8, 4) is 0 Å². The van der Waals surface area contributed by atoms with E-state index in [-0.39, 0.29) is 20.7 Å². The number of amides is 3. The van der Waals surface area contributed by atoms with Crippen molar-refractivity contribution in [3.63, 3.8) is 0 Å². The summed E-state index contributed by atoms with van der Waals surface area (Å²) in [5, 5.41) is 9.23. The van der Waals surface area contributed by atoms with Gasteiger partial charge < -0.3 is 10.0 Å². The van der Waals surface area contributed by atoms with Gasteiger partial charge in [0.05, 0.1) is 22.7 Å². The quantitative estimate of drug-likeness (QED) is 0.600. The molecule has 0 aliphatic carbocycles. The Bertz CT molecular complexity index is 1080. The summed E-state index contributed by atoms with van der Waals surface area (Å²) in [4.78, 5) is 39.3. The van der Waals surface area contributed by atoms with Crippen LogP contribution in [0.25, 0.3) is 5.57 Å². The van der Waals surface area contributed by atoms with Crippen LogP contribution in [0.5, 0.6) is 0 Å². The first-order valence-electron chi connectivity index (χ1n) is 8.38. The molecule has 0 bridgehead atoms. The van der Waals surface area contributed by atoms with E-state index < -0.39 is 12.0 Å². The fourth-order valence-corrected chi connectivity index (χ4v) is 4.53. The number of fused-ring (bicyclic) bond motifs is 1. The second-order valence-electron chi connectivity index (χ2n) is 6.39. The van der Waals surface area contributed by atoms with E-state index in [1.807, 2.05) is 43.3 Å². The number of aryl methyl sites for hydroxylation is 1. The van der Waals surface area contributed by atoms with E-state index in [0.29, 0.717) is 22.7 Å². The minimum atomic E-state index is -1.45. The molecule has 0 aromatic heterocycles. The van der Waals surface area contributed by atoms with Crippen LogP contribution in [0.1, 0.15) is 16.7 Å². The number of carbonyl (C=O) groups is 3. The highest BCUT2D eigenvalue weighted by Crippen LogP contribution is 2.44. The van der Waals surface area contributed by atoms with Gasteiger partial charge in [-0.3, -0.25) is 9.59 Å². The molecule has 2 aromatic rings. The molecule has 0 radical (unpaired) electrons. The van der Waals surface area contributed by atoms with Crippen molar-refractivity contribution in [2.24, 2.45) is 0 Å². The number of thiocarbonyl (C=S) groups is 1. The third-order valence-electron chi connectivity index (χ3n) is 4.57. The van der Waals surface area contributed by atoms with Crippen LogP contribution < -0.4 is 4.90 Å². The Labute approximate surface area is 170 Å². The number of para-hydroxylation sites is 1. The van der Waals surface area contributed by atoms with Gasteiger partial charge in [-0.05, 0) is 18.6 Å². The highest BCUT2D eigenvalue weighted by atomic mass is 32.2. The molecule has 0 unspecified atom stereocenters. The van der Waals surface area contributed by atoms with Gasteiger partial charge >= 0.3 is 6.09 Å². The van der Waals surface area contributed by atoms with Crippen LogP contribution in [0, 0.1) is 6.92 Å². The van der Waals surface area contributed by atoms with Crippen LogP contribution in [0.4, 0.5) is 10.5 Å². The molecule has 1 N–H and O–H groups in total. The molecule has 2 heterocycles. The molecule has 0 atom stereocenters. The summed E-state index contributed by atoms with van der Waals surface area (Å²) in [6.45, 7) is 2.33. The molecule has 28 heavy (non-hydrogen) atoms. The number of rotatable bonds is 2. The number of imide groups is 1. The topological polar surface area (TPSA) is 77.9 Å². The van der Waals surface area contributed by atoms with E-state index >= 15 is 0 Å². The highest BCUT2D eigenvalue weighted by molar-refractivity contribution is 8.27. The summed E-state index contributed by atoms with van der Waals surface area (Å²) < 4.78 is -0.0951. The molecule has 140 valence electrons. The minimum absolute atomic E-state index is 0.0521. The minimum Gasteiger partial charge on any atom is -0.464 e. The molecular weight excluding hydrogens is 396 g/mol. The summed E-state index contributed by atoms with van der Waals surface area (Å²) in [5.74, 6) is -1.12. The van der Waals surface area contributed by atoms with E-state index in [1.165, 1.54) is 0 Å². The lowest BCUT2D eigenvalue weighted by Crippen LogP contribution is -2.33. The molecule has 0 spiro atoms. The average molecular weight is 410 g/mol. The van der Waals surface area contributed by atoms with Crippen molar-refractivity contribution in [2.75, 3.05) is 4.90 Å². The molecule has 6 nitrogen and oxygen atoms in total.